The number of amides is 2. The van der Waals surface area contributed by atoms with E-state index in [1.807, 2.05) is 50.2 Å². The molecule has 1 aliphatic rings. The van der Waals surface area contributed by atoms with E-state index in [2.05, 4.69) is 22.8 Å². The lowest BCUT2D eigenvalue weighted by atomic mass is 9.88. The molecule has 3 rings (SSSR count). The predicted octanol–water partition coefficient (Wildman–Crippen LogP) is 2.75. The fourth-order valence-electron chi connectivity index (χ4n) is 4.43. The smallest absolute Gasteiger partial charge is 0.407 e. The van der Waals surface area contributed by atoms with Crippen molar-refractivity contribution in [2.24, 2.45) is 11.8 Å². The van der Waals surface area contributed by atoms with E-state index in [-0.39, 0.29) is 18.4 Å². The fraction of sp³-hybridized carbons (Fsp3) is 0.400. The van der Waals surface area contributed by atoms with Gasteiger partial charge in [0.15, 0.2) is 6.10 Å². The number of carboxylic acid groups (broad SMARTS) is 1. The molecule has 0 spiro atoms. The lowest BCUT2D eigenvalue weighted by Gasteiger charge is -2.27. The Balaban J connectivity index is 1.60. The van der Waals surface area contributed by atoms with Gasteiger partial charge in [0, 0.05) is 12.0 Å². The van der Waals surface area contributed by atoms with Crippen LogP contribution in [0, 0.1) is 11.8 Å². The average Bonchev–Trinajstić information content (AvgIpc) is 3.09. The molecule has 4 N–H and O–H groups in total. The zero-order chi connectivity index (χ0) is 24.1. The maximum Gasteiger partial charge on any atom is 0.407 e. The maximum absolute atomic E-state index is 12.6. The number of nitrogens with one attached hydrogen (secondary N) is 2. The van der Waals surface area contributed by atoms with Gasteiger partial charge in [0.1, 0.15) is 6.61 Å². The number of rotatable bonds is 9. The van der Waals surface area contributed by atoms with Crippen LogP contribution >= 0.6 is 0 Å². The monoisotopic (exact) mass is 454 g/mol. The number of alkyl carbamates (subject to hydrolysis) is 1. The molecule has 0 fully saturated rings. The molecule has 2 amide bonds. The Kier molecular flexibility index (Phi) is 7.71. The Bertz CT molecular complexity index is 976. The molecule has 3 atom stereocenters. The van der Waals surface area contributed by atoms with E-state index in [4.69, 9.17) is 9.84 Å². The molecule has 0 bridgehead atoms. The Labute approximate surface area is 193 Å². The topological polar surface area (TPSA) is 125 Å². The van der Waals surface area contributed by atoms with Gasteiger partial charge in [-0.2, -0.15) is 0 Å². The number of carboxylic acids is 1. The van der Waals surface area contributed by atoms with Gasteiger partial charge in [-0.25, -0.2) is 9.59 Å². The quantitative estimate of drug-likeness (QED) is 0.462. The molecule has 176 valence electrons. The molecule has 8 heteroatoms. The number of benzene rings is 2. The summed E-state index contributed by atoms with van der Waals surface area (Å²) in [4.78, 5) is 35.9. The highest BCUT2D eigenvalue weighted by molar-refractivity contribution is 5.82. The third-order valence-electron chi connectivity index (χ3n) is 6.00. The Morgan fingerprint density at radius 2 is 1.52 bits per heavy atom. The number of hydrogen-bond acceptors (Lipinski definition) is 5. The SMILES string of the molecule is CC(C)C(C(=O)NCC(O)C(=O)O)C(C)NC(=O)OCC1c2ccccc2-c2ccccc21. The van der Waals surface area contributed by atoms with E-state index < -0.39 is 42.6 Å². The van der Waals surface area contributed by atoms with Gasteiger partial charge in [-0.1, -0.05) is 62.4 Å². The summed E-state index contributed by atoms with van der Waals surface area (Å²) in [5, 5.41) is 23.3. The summed E-state index contributed by atoms with van der Waals surface area (Å²) < 4.78 is 5.55. The number of fused-ring (bicyclic) bond motifs is 3. The standard InChI is InChI=1S/C25H30N2O6/c1-14(2)22(23(29)26-12-21(28)24(30)31)15(3)27-25(32)33-13-20-18-10-6-4-8-16(18)17-9-5-7-11-19(17)20/h4-11,14-15,20-22,28H,12-13H2,1-3H3,(H,26,29)(H,27,32)(H,30,31). The molecule has 0 saturated carbocycles. The van der Waals surface area contributed by atoms with E-state index in [9.17, 15) is 19.5 Å². The lowest BCUT2D eigenvalue weighted by molar-refractivity contribution is -0.146. The normalized spacial score (nSPS) is 15.2. The van der Waals surface area contributed by atoms with Crippen LogP contribution in [0.5, 0.6) is 0 Å². The minimum Gasteiger partial charge on any atom is -0.479 e. The van der Waals surface area contributed by atoms with Crippen LogP contribution in [0.1, 0.15) is 37.8 Å². The van der Waals surface area contributed by atoms with Crippen molar-refractivity contribution in [3.63, 3.8) is 0 Å². The molecule has 0 aliphatic heterocycles. The second-order valence-electron chi connectivity index (χ2n) is 8.63. The van der Waals surface area contributed by atoms with Crippen molar-refractivity contribution in [2.45, 2.75) is 38.8 Å². The van der Waals surface area contributed by atoms with E-state index >= 15 is 0 Å². The van der Waals surface area contributed by atoms with Gasteiger partial charge in [-0.3, -0.25) is 4.79 Å². The molecule has 2 aromatic carbocycles. The van der Waals surface area contributed by atoms with Crippen LogP contribution in [0.2, 0.25) is 0 Å². The van der Waals surface area contributed by atoms with Gasteiger partial charge >= 0.3 is 12.1 Å². The van der Waals surface area contributed by atoms with Crippen LogP contribution in [-0.4, -0.2) is 53.5 Å². The van der Waals surface area contributed by atoms with Crippen molar-refractivity contribution in [3.05, 3.63) is 59.7 Å². The third-order valence-corrected chi connectivity index (χ3v) is 6.00. The molecule has 0 saturated heterocycles. The number of aliphatic hydroxyl groups excluding tert-OH is 1. The molecule has 1 aliphatic carbocycles. The summed E-state index contributed by atoms with van der Waals surface area (Å²) in [5.74, 6) is -2.71. The first-order valence-corrected chi connectivity index (χ1v) is 11.0. The summed E-state index contributed by atoms with van der Waals surface area (Å²) in [7, 11) is 0. The van der Waals surface area contributed by atoms with Crippen molar-refractivity contribution in [3.8, 4) is 11.1 Å². The largest absolute Gasteiger partial charge is 0.479 e. The number of carbonyl (C=O) groups excluding carboxylic acids is 2. The van der Waals surface area contributed by atoms with Crippen molar-refractivity contribution in [2.75, 3.05) is 13.2 Å². The summed E-state index contributed by atoms with van der Waals surface area (Å²) >= 11 is 0. The zero-order valence-corrected chi connectivity index (χ0v) is 18.9. The highest BCUT2D eigenvalue weighted by Crippen LogP contribution is 2.44. The van der Waals surface area contributed by atoms with Gasteiger partial charge in [-0.05, 0) is 35.1 Å². The first-order chi connectivity index (χ1) is 15.7. The van der Waals surface area contributed by atoms with Crippen molar-refractivity contribution < 1.29 is 29.3 Å². The van der Waals surface area contributed by atoms with Crippen LogP contribution in [0.25, 0.3) is 11.1 Å². The van der Waals surface area contributed by atoms with Gasteiger partial charge < -0.3 is 25.6 Å². The number of hydrogen-bond donors (Lipinski definition) is 4. The molecular formula is C25H30N2O6. The molecule has 8 nitrogen and oxygen atoms in total. The van der Waals surface area contributed by atoms with Gasteiger partial charge in [0.25, 0.3) is 0 Å². The first-order valence-electron chi connectivity index (χ1n) is 11.0. The Morgan fingerprint density at radius 1 is 0.970 bits per heavy atom. The minimum atomic E-state index is -1.69. The molecule has 2 aromatic rings. The van der Waals surface area contributed by atoms with Gasteiger partial charge in [0.05, 0.1) is 12.5 Å². The summed E-state index contributed by atoms with van der Waals surface area (Å²) in [6.45, 7) is 5.10. The third kappa shape index (κ3) is 5.51. The molecule has 0 aromatic heterocycles. The van der Waals surface area contributed by atoms with E-state index in [0.29, 0.717) is 0 Å². The van der Waals surface area contributed by atoms with Crippen molar-refractivity contribution in [1.82, 2.24) is 10.6 Å². The summed E-state index contributed by atoms with van der Waals surface area (Å²) in [6.07, 6.45) is -2.32. The van der Waals surface area contributed by atoms with E-state index in [0.717, 1.165) is 22.3 Å². The number of carbonyl (C=O) groups is 3. The van der Waals surface area contributed by atoms with Crippen LogP contribution < -0.4 is 10.6 Å². The molecule has 0 radical (unpaired) electrons. The first kappa shape index (κ1) is 24.3. The number of aliphatic carboxylic acids is 1. The van der Waals surface area contributed by atoms with Crippen molar-refractivity contribution >= 4 is 18.0 Å². The summed E-state index contributed by atoms with van der Waals surface area (Å²) in [5.41, 5.74) is 4.48. The lowest BCUT2D eigenvalue weighted by Crippen LogP contribution is -2.49. The minimum absolute atomic E-state index is 0.0693. The second kappa shape index (κ2) is 10.5. The van der Waals surface area contributed by atoms with Crippen molar-refractivity contribution in [1.29, 1.82) is 0 Å². The highest BCUT2D eigenvalue weighted by Gasteiger charge is 2.32. The van der Waals surface area contributed by atoms with Crippen LogP contribution in [0.4, 0.5) is 4.79 Å². The molecule has 3 unspecified atom stereocenters. The van der Waals surface area contributed by atoms with Crippen LogP contribution in [0.15, 0.2) is 48.5 Å². The van der Waals surface area contributed by atoms with Gasteiger partial charge in [-0.15, -0.1) is 0 Å². The average molecular weight is 455 g/mol. The molecule has 0 heterocycles. The molecule has 33 heavy (non-hydrogen) atoms. The fourth-order valence-corrected chi connectivity index (χ4v) is 4.43. The Hall–Kier alpha value is -3.39. The zero-order valence-electron chi connectivity index (χ0n) is 18.9. The number of aliphatic hydroxyl groups is 1. The van der Waals surface area contributed by atoms with E-state index in [1.54, 1.807) is 6.92 Å². The van der Waals surface area contributed by atoms with E-state index in [1.165, 1.54) is 0 Å². The van der Waals surface area contributed by atoms with Gasteiger partial charge in [0.2, 0.25) is 5.91 Å². The number of ether oxygens (including phenoxy) is 1. The Morgan fingerprint density at radius 3 is 2.03 bits per heavy atom. The predicted molar refractivity (Wildman–Crippen MR) is 123 cm³/mol. The highest BCUT2D eigenvalue weighted by atomic mass is 16.5. The second-order valence-corrected chi connectivity index (χ2v) is 8.63. The molecular weight excluding hydrogens is 424 g/mol. The summed E-state index contributed by atoms with van der Waals surface area (Å²) in [6, 6.07) is 15.5. The maximum atomic E-state index is 12.6. The van der Waals surface area contributed by atoms with Crippen LogP contribution in [0.3, 0.4) is 0 Å². The van der Waals surface area contributed by atoms with Crippen LogP contribution in [-0.2, 0) is 14.3 Å².